The van der Waals surface area contributed by atoms with E-state index in [1.54, 1.807) is 0 Å². The van der Waals surface area contributed by atoms with Crippen LogP contribution in [-0.2, 0) is 14.6 Å². The van der Waals surface area contributed by atoms with Crippen LogP contribution < -0.4 is 5.73 Å². The molecule has 0 heterocycles. The fraction of sp³-hybridized carbons (Fsp3) is 0.250. The summed E-state index contributed by atoms with van der Waals surface area (Å²) in [6.07, 6.45) is 0.0800. The van der Waals surface area contributed by atoms with Gasteiger partial charge < -0.3 is 5.73 Å². The fourth-order valence-electron chi connectivity index (χ4n) is 3.06. The Labute approximate surface area is 138 Å². The molecule has 0 radical (unpaired) electrons. The highest BCUT2D eigenvalue weighted by atomic mass is 35.5. The number of hydrogen-bond donors (Lipinski definition) is 1. The summed E-state index contributed by atoms with van der Waals surface area (Å²) in [5.41, 5.74) is 5.60. The summed E-state index contributed by atoms with van der Waals surface area (Å²) in [7, 11) is -3.95. The Balaban J connectivity index is 2.18. The minimum Gasteiger partial charge on any atom is -0.328 e. The third-order valence-electron chi connectivity index (χ3n) is 4.24. The highest BCUT2D eigenvalue weighted by Crippen LogP contribution is 2.51. The van der Waals surface area contributed by atoms with Gasteiger partial charge in [0.25, 0.3) is 0 Å². The van der Waals surface area contributed by atoms with Crippen LogP contribution >= 0.6 is 11.6 Å². The Morgan fingerprint density at radius 1 is 1.09 bits per heavy atom. The summed E-state index contributed by atoms with van der Waals surface area (Å²) in [6, 6.07) is 8.08. The topological polar surface area (TPSA) is 60.2 Å². The van der Waals surface area contributed by atoms with Crippen LogP contribution in [0.4, 0.5) is 8.78 Å². The lowest BCUT2D eigenvalue weighted by Crippen LogP contribution is -2.54. The van der Waals surface area contributed by atoms with Crippen LogP contribution in [0.1, 0.15) is 18.4 Å². The number of halogens is 3. The van der Waals surface area contributed by atoms with E-state index in [9.17, 15) is 17.2 Å². The Morgan fingerprint density at radius 3 is 2.26 bits per heavy atom. The predicted octanol–water partition coefficient (Wildman–Crippen LogP) is 3.41. The molecule has 3 nitrogen and oxygen atoms in total. The lowest BCUT2D eigenvalue weighted by Gasteiger charge is -2.45. The van der Waals surface area contributed by atoms with Gasteiger partial charge in [-0.25, -0.2) is 17.2 Å². The van der Waals surface area contributed by atoms with Gasteiger partial charge in [-0.3, -0.25) is 0 Å². The highest BCUT2D eigenvalue weighted by molar-refractivity contribution is 7.92. The van der Waals surface area contributed by atoms with E-state index in [1.165, 1.54) is 24.3 Å². The molecule has 0 aliphatic heterocycles. The van der Waals surface area contributed by atoms with Crippen LogP contribution in [0.15, 0.2) is 47.4 Å². The van der Waals surface area contributed by atoms with Gasteiger partial charge >= 0.3 is 0 Å². The molecule has 23 heavy (non-hydrogen) atoms. The number of benzene rings is 2. The molecule has 0 bridgehead atoms. The Hall–Kier alpha value is -1.50. The Morgan fingerprint density at radius 2 is 1.70 bits per heavy atom. The van der Waals surface area contributed by atoms with Crippen LogP contribution in [0.25, 0.3) is 0 Å². The van der Waals surface area contributed by atoms with Gasteiger partial charge in [0.15, 0.2) is 9.84 Å². The standard InChI is InChI=1S/C16H14ClF2NO2S/c17-10-1-4-13(5-2-10)23(21,22)16(8-12(20)9-16)14-7-11(18)3-6-15(14)19/h1-7,12H,8-9,20H2/t12-,16+. The van der Waals surface area contributed by atoms with E-state index in [-0.39, 0.29) is 29.3 Å². The van der Waals surface area contributed by atoms with E-state index < -0.39 is 26.2 Å². The van der Waals surface area contributed by atoms with E-state index in [2.05, 4.69) is 0 Å². The molecule has 0 unspecified atom stereocenters. The summed E-state index contributed by atoms with van der Waals surface area (Å²) in [6.45, 7) is 0. The number of sulfone groups is 1. The first-order valence-electron chi connectivity index (χ1n) is 6.97. The Bertz CT molecular complexity index is 847. The smallest absolute Gasteiger partial charge is 0.188 e. The van der Waals surface area contributed by atoms with Crippen LogP contribution in [0.3, 0.4) is 0 Å². The molecule has 2 N–H and O–H groups in total. The van der Waals surface area contributed by atoms with E-state index >= 15 is 0 Å². The zero-order chi connectivity index (χ0) is 16.8. The quantitative estimate of drug-likeness (QED) is 0.915. The normalized spacial score (nSPS) is 24.3. The van der Waals surface area contributed by atoms with Crippen LogP contribution in [0.5, 0.6) is 0 Å². The fourth-order valence-corrected chi connectivity index (χ4v) is 5.44. The largest absolute Gasteiger partial charge is 0.328 e. The van der Waals surface area contributed by atoms with Crippen molar-refractivity contribution < 1.29 is 17.2 Å². The molecule has 3 rings (SSSR count). The maximum atomic E-state index is 14.2. The first-order valence-corrected chi connectivity index (χ1v) is 8.84. The molecule has 1 aliphatic rings. The van der Waals surface area contributed by atoms with Crippen molar-refractivity contribution in [2.75, 3.05) is 0 Å². The molecule has 1 fully saturated rings. The van der Waals surface area contributed by atoms with Crippen molar-refractivity contribution in [3.63, 3.8) is 0 Å². The van der Waals surface area contributed by atoms with Crippen LogP contribution in [-0.4, -0.2) is 14.5 Å². The van der Waals surface area contributed by atoms with Crippen molar-refractivity contribution >= 4 is 21.4 Å². The Kier molecular flexibility index (Phi) is 3.94. The molecule has 2 aromatic rings. The summed E-state index contributed by atoms with van der Waals surface area (Å²) in [5.74, 6) is -1.44. The lowest BCUT2D eigenvalue weighted by molar-refractivity contribution is 0.283. The van der Waals surface area contributed by atoms with Gasteiger partial charge in [0.05, 0.1) is 4.90 Å². The highest BCUT2D eigenvalue weighted by Gasteiger charge is 2.56. The van der Waals surface area contributed by atoms with Crippen LogP contribution in [0.2, 0.25) is 5.02 Å². The van der Waals surface area contributed by atoms with E-state index in [1.807, 2.05) is 0 Å². The summed E-state index contributed by atoms with van der Waals surface area (Å²) in [4.78, 5) is 0.0115. The zero-order valence-corrected chi connectivity index (χ0v) is 13.5. The van der Waals surface area contributed by atoms with E-state index in [0.717, 1.165) is 18.2 Å². The lowest BCUT2D eigenvalue weighted by atomic mass is 9.75. The average molecular weight is 358 g/mol. The molecule has 0 atom stereocenters. The van der Waals surface area contributed by atoms with Crippen LogP contribution in [0, 0.1) is 11.6 Å². The number of rotatable bonds is 3. The van der Waals surface area contributed by atoms with Gasteiger partial charge in [-0.1, -0.05) is 11.6 Å². The molecule has 1 saturated carbocycles. The summed E-state index contributed by atoms with van der Waals surface area (Å²) < 4.78 is 52.4. The third-order valence-corrected chi connectivity index (χ3v) is 6.97. The van der Waals surface area contributed by atoms with Crippen molar-refractivity contribution in [3.05, 3.63) is 64.7 Å². The van der Waals surface area contributed by atoms with Gasteiger partial charge in [-0.15, -0.1) is 0 Å². The molecule has 122 valence electrons. The number of nitrogens with two attached hydrogens (primary N) is 1. The van der Waals surface area contributed by atoms with Gasteiger partial charge in [0, 0.05) is 16.6 Å². The molecule has 0 spiro atoms. The molecule has 0 aromatic heterocycles. The van der Waals surface area contributed by atoms with Crippen molar-refractivity contribution in [1.29, 1.82) is 0 Å². The van der Waals surface area contributed by atoms with Crippen molar-refractivity contribution in [2.45, 2.75) is 28.5 Å². The van der Waals surface area contributed by atoms with Crippen molar-refractivity contribution in [2.24, 2.45) is 5.73 Å². The zero-order valence-electron chi connectivity index (χ0n) is 12.0. The maximum absolute atomic E-state index is 14.2. The van der Waals surface area contributed by atoms with Gasteiger partial charge in [-0.05, 0) is 55.3 Å². The predicted molar refractivity (Wildman–Crippen MR) is 83.9 cm³/mol. The molecule has 2 aromatic carbocycles. The average Bonchev–Trinajstić information content (AvgIpc) is 2.46. The second-order valence-corrected chi connectivity index (χ2v) is 8.44. The summed E-state index contributed by atoms with van der Waals surface area (Å²) in [5, 5.41) is 0.389. The molecule has 7 heteroatoms. The molecular formula is C16H14ClF2NO2S. The van der Waals surface area contributed by atoms with Gasteiger partial charge in [0.2, 0.25) is 0 Å². The third kappa shape index (κ3) is 2.55. The van der Waals surface area contributed by atoms with E-state index in [0.29, 0.717) is 5.02 Å². The number of hydrogen-bond acceptors (Lipinski definition) is 3. The van der Waals surface area contributed by atoms with Gasteiger partial charge in [0.1, 0.15) is 16.4 Å². The van der Waals surface area contributed by atoms with E-state index in [4.69, 9.17) is 17.3 Å². The SMILES string of the molecule is N[C@H]1C[C@@](c2cc(F)ccc2F)(S(=O)(=O)c2ccc(Cl)cc2)C1. The monoisotopic (exact) mass is 357 g/mol. The molecule has 0 amide bonds. The minimum atomic E-state index is -3.95. The second kappa shape index (κ2) is 5.54. The van der Waals surface area contributed by atoms with Gasteiger partial charge in [-0.2, -0.15) is 0 Å². The molecule has 0 saturated heterocycles. The molecule has 1 aliphatic carbocycles. The summed E-state index contributed by atoms with van der Waals surface area (Å²) >= 11 is 5.79. The van der Waals surface area contributed by atoms with Crippen molar-refractivity contribution in [1.82, 2.24) is 0 Å². The second-order valence-electron chi connectivity index (χ2n) is 5.74. The minimum absolute atomic E-state index is 0.0115. The maximum Gasteiger partial charge on any atom is 0.188 e. The first-order chi connectivity index (χ1) is 10.8. The first kappa shape index (κ1) is 16.4. The molecular weight excluding hydrogens is 344 g/mol. The van der Waals surface area contributed by atoms with Crippen molar-refractivity contribution in [3.8, 4) is 0 Å².